The van der Waals surface area contributed by atoms with Crippen LogP contribution >= 0.6 is 0 Å². The van der Waals surface area contributed by atoms with Crippen LogP contribution in [0.15, 0.2) is 58.5 Å². The Hall–Kier alpha value is -6.91. The lowest BCUT2D eigenvalue weighted by molar-refractivity contribution is -0.160. The van der Waals surface area contributed by atoms with Gasteiger partial charge < -0.3 is 47.4 Å². The first-order valence-electron chi connectivity index (χ1n) is 23.0. The Morgan fingerprint density at radius 3 is 1.43 bits per heavy atom. The molecular formula is C51H58N4O13. The standard InChI is InChI=1S/C51H58N4O13/c1-9-65-42-23-31-33-21-27(11-15-37(33)52-47(35(31)25-40(42)59-3)29-13-18-44(61-5)54-49(29)63-7)67-46(57)20-17-39(56)51(58)68-28-12-16-38-34(22-28)32-24-43(66-10-2)41(60-4)26-36(32)48(53-38)30-14-19-45(62-6)55-50(30)64-8/h13-14,18-19,23-28,33-34,37-38H,9-12,15-17,20-22H2,1-8H3/t27-,28-,33-,34-,37-,38-/m1/s1. The number of Topliss-reactive ketones (excluding diaryl/α,β-unsaturated/α-hetero) is 1. The van der Waals surface area contributed by atoms with Crippen LogP contribution in [0.4, 0.5) is 0 Å². The van der Waals surface area contributed by atoms with Crippen LogP contribution < -0.4 is 37.9 Å². The molecule has 2 fully saturated rings. The van der Waals surface area contributed by atoms with Crippen molar-refractivity contribution in [2.75, 3.05) is 55.9 Å². The average molecular weight is 935 g/mol. The largest absolute Gasteiger partial charge is 0.493 e. The Labute approximate surface area is 395 Å². The predicted octanol–water partition coefficient (Wildman–Crippen LogP) is 7.17. The monoisotopic (exact) mass is 934 g/mol. The molecule has 0 spiro atoms. The summed E-state index contributed by atoms with van der Waals surface area (Å²) in [5, 5.41) is 0. The van der Waals surface area contributed by atoms with E-state index in [0.29, 0.717) is 121 Å². The van der Waals surface area contributed by atoms with Crippen molar-refractivity contribution >= 4 is 29.1 Å². The maximum Gasteiger partial charge on any atom is 0.374 e. The van der Waals surface area contributed by atoms with Gasteiger partial charge >= 0.3 is 11.9 Å². The molecule has 17 heteroatoms. The molecule has 6 atom stereocenters. The topological polar surface area (TPSA) is 194 Å². The Bertz CT molecular complexity index is 2610. The van der Waals surface area contributed by atoms with E-state index in [1.807, 2.05) is 50.2 Å². The van der Waals surface area contributed by atoms with E-state index in [0.717, 1.165) is 22.3 Å². The van der Waals surface area contributed by atoms with Crippen molar-refractivity contribution in [3.05, 3.63) is 81.9 Å². The molecule has 2 aromatic carbocycles. The molecule has 0 saturated heterocycles. The third-order valence-electron chi connectivity index (χ3n) is 13.0. The van der Waals surface area contributed by atoms with Gasteiger partial charge in [-0.3, -0.25) is 19.6 Å². The highest BCUT2D eigenvalue weighted by atomic mass is 16.6. The molecule has 360 valence electrons. The number of esters is 2. The van der Waals surface area contributed by atoms with Crippen LogP contribution in [0.1, 0.15) is 110 Å². The van der Waals surface area contributed by atoms with Crippen molar-refractivity contribution in [1.82, 2.24) is 9.97 Å². The summed E-state index contributed by atoms with van der Waals surface area (Å²) in [6.07, 6.45) is 1.58. The molecule has 68 heavy (non-hydrogen) atoms. The van der Waals surface area contributed by atoms with Crippen molar-refractivity contribution in [2.24, 2.45) is 9.98 Å². The molecule has 0 radical (unpaired) electrons. The third-order valence-corrected chi connectivity index (χ3v) is 13.0. The lowest BCUT2D eigenvalue weighted by atomic mass is 9.74. The van der Waals surface area contributed by atoms with E-state index in [4.69, 9.17) is 57.4 Å². The first-order valence-corrected chi connectivity index (χ1v) is 23.0. The van der Waals surface area contributed by atoms with E-state index in [1.54, 1.807) is 54.8 Å². The van der Waals surface area contributed by atoms with Crippen LogP contribution in [-0.4, -0.2) is 119 Å². The number of carbonyl (C=O) groups is 3. The molecule has 4 aliphatic rings. The van der Waals surface area contributed by atoms with E-state index < -0.39 is 29.9 Å². The molecule has 0 amide bonds. The number of hydrogen-bond acceptors (Lipinski definition) is 17. The zero-order valence-electron chi connectivity index (χ0n) is 39.8. The molecule has 2 aromatic heterocycles. The minimum Gasteiger partial charge on any atom is -0.493 e. The molecule has 2 saturated carbocycles. The van der Waals surface area contributed by atoms with Gasteiger partial charge in [-0.15, -0.1) is 0 Å². The SMILES string of the molecule is CCOc1cc2c(cc1OC)C(c1ccc(OC)nc1OC)=N[C@@H]1CC[C@@H](OC(=O)CCC(=O)C(=O)O[C@@H]3CC[C@H]4N=C(c5ccc(OC)nc5OC)c5cc(OC)c(OCC)cc5[C@H]4C3)C[C@H]21. The number of nitrogens with zero attached hydrogens (tertiary/aromatic N) is 4. The van der Waals surface area contributed by atoms with Gasteiger partial charge in [0.15, 0.2) is 23.0 Å². The minimum absolute atomic E-state index is 0.113. The molecule has 8 rings (SSSR count). The number of methoxy groups -OCH3 is 6. The summed E-state index contributed by atoms with van der Waals surface area (Å²) in [6.45, 7) is 4.67. The van der Waals surface area contributed by atoms with Gasteiger partial charge in [0.25, 0.3) is 0 Å². The number of benzene rings is 2. The van der Waals surface area contributed by atoms with Crippen molar-refractivity contribution in [3.8, 4) is 46.5 Å². The van der Waals surface area contributed by atoms with Gasteiger partial charge in [0.2, 0.25) is 29.3 Å². The number of ketones is 1. The average Bonchev–Trinajstić information content (AvgIpc) is 3.36. The van der Waals surface area contributed by atoms with Crippen LogP contribution in [0.2, 0.25) is 0 Å². The number of ether oxygens (including phenoxy) is 10. The first-order chi connectivity index (χ1) is 33.0. The van der Waals surface area contributed by atoms with Crippen molar-refractivity contribution in [3.63, 3.8) is 0 Å². The molecule has 4 aromatic rings. The van der Waals surface area contributed by atoms with Gasteiger partial charge in [-0.05, 0) is 99.9 Å². The fraction of sp³-hybridized carbons (Fsp3) is 0.471. The summed E-state index contributed by atoms with van der Waals surface area (Å²) < 4.78 is 57.4. The second-order valence-electron chi connectivity index (χ2n) is 16.9. The van der Waals surface area contributed by atoms with Gasteiger partial charge in [-0.2, -0.15) is 9.97 Å². The van der Waals surface area contributed by atoms with E-state index >= 15 is 0 Å². The highest BCUT2D eigenvalue weighted by Crippen LogP contribution is 2.48. The zero-order valence-corrected chi connectivity index (χ0v) is 39.8. The van der Waals surface area contributed by atoms with E-state index in [2.05, 4.69) is 9.97 Å². The number of carbonyl (C=O) groups excluding carboxylic acids is 3. The summed E-state index contributed by atoms with van der Waals surface area (Å²) >= 11 is 0. The van der Waals surface area contributed by atoms with Gasteiger partial charge in [0.1, 0.15) is 12.2 Å². The van der Waals surface area contributed by atoms with Crippen LogP contribution in [0.5, 0.6) is 46.5 Å². The van der Waals surface area contributed by atoms with Gasteiger partial charge in [-0.1, -0.05) is 0 Å². The summed E-state index contributed by atoms with van der Waals surface area (Å²) in [4.78, 5) is 59.4. The number of hydrogen-bond donors (Lipinski definition) is 0. The number of rotatable bonds is 18. The lowest BCUT2D eigenvalue weighted by Crippen LogP contribution is -2.37. The first kappa shape index (κ1) is 47.6. The van der Waals surface area contributed by atoms with Crippen LogP contribution in [0.25, 0.3) is 0 Å². The Morgan fingerprint density at radius 1 is 0.529 bits per heavy atom. The van der Waals surface area contributed by atoms with Crippen molar-refractivity contribution < 1.29 is 61.8 Å². The van der Waals surface area contributed by atoms with Crippen molar-refractivity contribution in [2.45, 2.75) is 101 Å². The third kappa shape index (κ3) is 9.60. The predicted molar refractivity (Wildman–Crippen MR) is 249 cm³/mol. The Kier molecular flexibility index (Phi) is 14.7. The quantitative estimate of drug-likeness (QED) is 0.0719. The summed E-state index contributed by atoms with van der Waals surface area (Å²) in [5.74, 6) is 1.21. The number of aromatic nitrogens is 2. The van der Waals surface area contributed by atoms with Crippen molar-refractivity contribution in [1.29, 1.82) is 0 Å². The van der Waals surface area contributed by atoms with Gasteiger partial charge in [0, 0.05) is 41.5 Å². The normalized spacial score (nSPS) is 21.2. The van der Waals surface area contributed by atoms with Gasteiger partial charge in [0.05, 0.1) is 96.9 Å². The second-order valence-corrected chi connectivity index (χ2v) is 16.9. The maximum absolute atomic E-state index is 13.3. The smallest absolute Gasteiger partial charge is 0.374 e. The molecule has 0 unspecified atom stereocenters. The summed E-state index contributed by atoms with van der Waals surface area (Å²) in [7, 11) is 9.36. The highest BCUT2D eigenvalue weighted by Gasteiger charge is 2.42. The molecular weight excluding hydrogens is 877 g/mol. The van der Waals surface area contributed by atoms with E-state index in [1.165, 1.54) is 0 Å². The van der Waals surface area contributed by atoms with Crippen LogP contribution in [-0.2, 0) is 23.9 Å². The van der Waals surface area contributed by atoms with Crippen LogP contribution in [0.3, 0.4) is 0 Å². The fourth-order valence-electron chi connectivity index (χ4n) is 9.88. The fourth-order valence-corrected chi connectivity index (χ4v) is 9.88. The Balaban J connectivity index is 0.923. The second kappa shape index (κ2) is 20.9. The van der Waals surface area contributed by atoms with E-state index in [-0.39, 0.29) is 36.8 Å². The summed E-state index contributed by atoms with van der Waals surface area (Å²) in [6, 6.07) is 14.7. The molecule has 4 heterocycles. The lowest BCUT2D eigenvalue weighted by Gasteiger charge is -2.39. The number of fused-ring (bicyclic) bond motifs is 6. The zero-order chi connectivity index (χ0) is 48.1. The number of aliphatic imine (C=N–C) groups is 2. The number of pyridine rings is 2. The minimum atomic E-state index is -0.975. The molecule has 2 aliphatic carbocycles. The maximum atomic E-state index is 13.3. The Morgan fingerprint density at radius 2 is 1.00 bits per heavy atom. The molecule has 0 bridgehead atoms. The molecule has 17 nitrogen and oxygen atoms in total. The van der Waals surface area contributed by atoms with E-state index in [9.17, 15) is 14.4 Å². The molecule has 0 N–H and O–H groups in total. The highest BCUT2D eigenvalue weighted by molar-refractivity contribution is 6.33. The molecule has 2 aliphatic heterocycles. The van der Waals surface area contributed by atoms with Gasteiger partial charge in [-0.25, -0.2) is 4.79 Å². The summed E-state index contributed by atoms with van der Waals surface area (Å²) in [5.41, 5.74) is 6.33. The van der Waals surface area contributed by atoms with Crippen LogP contribution in [0, 0.1) is 0 Å².